The molecule has 0 aliphatic rings. The van der Waals surface area contributed by atoms with E-state index in [1.807, 2.05) is 13.8 Å². The van der Waals surface area contributed by atoms with E-state index in [1.54, 1.807) is 0 Å². The highest BCUT2D eigenvalue weighted by atomic mass is 16.6. The van der Waals surface area contributed by atoms with Crippen LogP contribution in [0.15, 0.2) is 12.1 Å². The van der Waals surface area contributed by atoms with Crippen molar-refractivity contribution in [2.45, 2.75) is 32.2 Å². The molecule has 1 aromatic rings. The number of carbonyl (C=O) groups is 1. The van der Waals surface area contributed by atoms with Crippen LogP contribution >= 0.6 is 0 Å². The van der Waals surface area contributed by atoms with Crippen LogP contribution in [-0.4, -0.2) is 37.1 Å². The summed E-state index contributed by atoms with van der Waals surface area (Å²) in [5.41, 5.74) is 4.64. The molecule has 0 spiro atoms. The van der Waals surface area contributed by atoms with Crippen molar-refractivity contribution in [3.63, 3.8) is 0 Å². The summed E-state index contributed by atoms with van der Waals surface area (Å²) < 4.78 is 10.1. The van der Waals surface area contributed by atoms with E-state index in [0.717, 1.165) is 0 Å². The molecule has 0 aliphatic heterocycles. The first-order valence-corrected chi connectivity index (χ1v) is 7.31. The summed E-state index contributed by atoms with van der Waals surface area (Å²) in [6, 6.07) is 2.69. The number of benzene rings is 1. The standard InChI is InChI=1S/C15H23N3O5/c1-5-15(6-2,9-16)17-14(19)11-7-10(22-3)8-12(23-4)13(11)18(20)21/h7-8H,5-6,9,16H2,1-4H3,(H,17,19). The second kappa shape index (κ2) is 7.77. The molecule has 0 aliphatic carbocycles. The minimum atomic E-state index is -0.644. The van der Waals surface area contributed by atoms with Crippen LogP contribution in [0.1, 0.15) is 37.0 Å². The van der Waals surface area contributed by atoms with Crippen molar-refractivity contribution in [3.05, 3.63) is 27.8 Å². The van der Waals surface area contributed by atoms with Gasteiger partial charge in [0.1, 0.15) is 11.3 Å². The average Bonchev–Trinajstić information content (AvgIpc) is 2.58. The number of ether oxygens (including phenoxy) is 2. The number of nitrogens with one attached hydrogen (secondary N) is 1. The smallest absolute Gasteiger partial charge is 0.323 e. The molecule has 1 aromatic carbocycles. The Bertz CT molecular complexity index is 576. The van der Waals surface area contributed by atoms with Gasteiger partial charge in [0.15, 0.2) is 0 Å². The molecule has 0 heterocycles. The van der Waals surface area contributed by atoms with Crippen molar-refractivity contribution in [2.24, 2.45) is 5.73 Å². The van der Waals surface area contributed by atoms with E-state index in [1.165, 1.54) is 26.4 Å². The topological polar surface area (TPSA) is 117 Å². The first kappa shape index (κ1) is 18.7. The molecule has 128 valence electrons. The van der Waals surface area contributed by atoms with Gasteiger partial charge in [-0.3, -0.25) is 14.9 Å². The molecular weight excluding hydrogens is 302 g/mol. The summed E-state index contributed by atoms with van der Waals surface area (Å²) in [7, 11) is 2.70. The molecule has 3 N–H and O–H groups in total. The van der Waals surface area contributed by atoms with Gasteiger partial charge in [0.05, 0.1) is 24.7 Å². The van der Waals surface area contributed by atoms with E-state index in [4.69, 9.17) is 15.2 Å². The fourth-order valence-corrected chi connectivity index (χ4v) is 2.29. The number of nitro benzene ring substituents is 1. The van der Waals surface area contributed by atoms with E-state index < -0.39 is 22.1 Å². The maximum Gasteiger partial charge on any atom is 0.323 e. The number of hydrogen-bond donors (Lipinski definition) is 2. The van der Waals surface area contributed by atoms with E-state index in [2.05, 4.69) is 5.32 Å². The lowest BCUT2D eigenvalue weighted by Gasteiger charge is -2.31. The Morgan fingerprint density at radius 3 is 2.30 bits per heavy atom. The number of nitrogens with zero attached hydrogens (tertiary/aromatic N) is 1. The maximum atomic E-state index is 12.6. The van der Waals surface area contributed by atoms with Crippen molar-refractivity contribution < 1.29 is 19.2 Å². The summed E-state index contributed by atoms with van der Waals surface area (Å²) >= 11 is 0. The highest BCUT2D eigenvalue weighted by molar-refractivity contribution is 6.00. The van der Waals surface area contributed by atoms with Gasteiger partial charge in [-0.15, -0.1) is 0 Å². The van der Waals surface area contributed by atoms with Gasteiger partial charge in [-0.05, 0) is 12.8 Å². The monoisotopic (exact) mass is 325 g/mol. The Morgan fingerprint density at radius 1 is 1.30 bits per heavy atom. The fraction of sp³-hybridized carbons (Fsp3) is 0.533. The van der Waals surface area contributed by atoms with Gasteiger partial charge >= 0.3 is 5.69 Å². The van der Waals surface area contributed by atoms with Crippen LogP contribution in [0.3, 0.4) is 0 Å². The van der Waals surface area contributed by atoms with Gasteiger partial charge in [0, 0.05) is 18.7 Å². The summed E-state index contributed by atoms with van der Waals surface area (Å²) in [5.74, 6) is -0.321. The lowest BCUT2D eigenvalue weighted by molar-refractivity contribution is -0.386. The van der Waals surface area contributed by atoms with E-state index in [0.29, 0.717) is 18.6 Å². The molecular formula is C15H23N3O5. The third-order valence-corrected chi connectivity index (χ3v) is 4.05. The third kappa shape index (κ3) is 3.89. The van der Waals surface area contributed by atoms with E-state index in [-0.39, 0.29) is 17.9 Å². The predicted molar refractivity (Wildman–Crippen MR) is 86.0 cm³/mol. The van der Waals surface area contributed by atoms with Crippen LogP contribution in [0.5, 0.6) is 11.5 Å². The number of hydrogen-bond acceptors (Lipinski definition) is 6. The number of carbonyl (C=O) groups excluding carboxylic acids is 1. The highest BCUT2D eigenvalue weighted by Crippen LogP contribution is 2.35. The third-order valence-electron chi connectivity index (χ3n) is 4.05. The lowest BCUT2D eigenvalue weighted by Crippen LogP contribution is -2.53. The molecule has 0 fully saturated rings. The van der Waals surface area contributed by atoms with Gasteiger partial charge < -0.3 is 20.5 Å². The van der Waals surface area contributed by atoms with Crippen molar-refractivity contribution in [2.75, 3.05) is 20.8 Å². The lowest BCUT2D eigenvalue weighted by atomic mass is 9.92. The van der Waals surface area contributed by atoms with Crippen molar-refractivity contribution in [1.82, 2.24) is 5.32 Å². The minimum absolute atomic E-state index is 0.0363. The van der Waals surface area contributed by atoms with E-state index >= 15 is 0 Å². The number of rotatable bonds is 8. The Balaban J connectivity index is 3.39. The molecule has 1 rings (SSSR count). The quantitative estimate of drug-likeness (QED) is 0.556. The molecule has 8 heteroatoms. The SMILES string of the molecule is CCC(CC)(CN)NC(=O)c1cc(OC)cc(OC)c1[N+](=O)[O-]. The Hall–Kier alpha value is -2.35. The zero-order valence-electron chi connectivity index (χ0n) is 13.8. The molecule has 8 nitrogen and oxygen atoms in total. The van der Waals surface area contributed by atoms with Gasteiger partial charge in [-0.25, -0.2) is 0 Å². The van der Waals surface area contributed by atoms with Crippen molar-refractivity contribution in [1.29, 1.82) is 0 Å². The largest absolute Gasteiger partial charge is 0.497 e. The molecule has 0 saturated carbocycles. The number of amides is 1. The van der Waals surface area contributed by atoms with Gasteiger partial charge in [-0.2, -0.15) is 0 Å². The molecule has 0 radical (unpaired) electrons. The molecule has 1 amide bonds. The molecule has 0 saturated heterocycles. The predicted octanol–water partition coefficient (Wildman–Crippen LogP) is 1.86. The van der Waals surface area contributed by atoms with Crippen molar-refractivity contribution in [3.8, 4) is 11.5 Å². The molecule has 23 heavy (non-hydrogen) atoms. The Kier molecular flexibility index (Phi) is 6.32. The van der Waals surface area contributed by atoms with Crippen molar-refractivity contribution >= 4 is 11.6 Å². The Labute approximate surface area is 135 Å². The average molecular weight is 325 g/mol. The van der Waals surface area contributed by atoms with Gasteiger partial charge in [-0.1, -0.05) is 13.8 Å². The Morgan fingerprint density at radius 2 is 1.91 bits per heavy atom. The molecule has 0 bridgehead atoms. The first-order chi connectivity index (χ1) is 10.9. The van der Waals surface area contributed by atoms with Crippen LogP contribution in [-0.2, 0) is 0 Å². The fourth-order valence-electron chi connectivity index (χ4n) is 2.29. The van der Waals surface area contributed by atoms with Crippen LogP contribution in [0.4, 0.5) is 5.69 Å². The number of methoxy groups -OCH3 is 2. The normalized spacial score (nSPS) is 11.0. The van der Waals surface area contributed by atoms with Crippen LogP contribution < -0.4 is 20.5 Å². The zero-order chi connectivity index (χ0) is 17.6. The van der Waals surface area contributed by atoms with Gasteiger partial charge in [0.25, 0.3) is 5.91 Å². The minimum Gasteiger partial charge on any atom is -0.497 e. The first-order valence-electron chi connectivity index (χ1n) is 7.31. The maximum absolute atomic E-state index is 12.6. The molecule has 0 aromatic heterocycles. The highest BCUT2D eigenvalue weighted by Gasteiger charge is 2.32. The number of nitrogens with two attached hydrogens (primary N) is 1. The second-order valence-electron chi connectivity index (χ2n) is 5.13. The number of nitro groups is 1. The van der Waals surface area contributed by atoms with E-state index in [9.17, 15) is 14.9 Å². The second-order valence-corrected chi connectivity index (χ2v) is 5.13. The molecule has 0 unspecified atom stereocenters. The van der Waals surface area contributed by atoms with Crippen LogP contribution in [0.25, 0.3) is 0 Å². The summed E-state index contributed by atoms with van der Waals surface area (Å²) in [6.07, 6.45) is 1.22. The molecule has 0 atom stereocenters. The van der Waals surface area contributed by atoms with Gasteiger partial charge in [0.2, 0.25) is 5.75 Å². The summed E-state index contributed by atoms with van der Waals surface area (Å²) in [6.45, 7) is 4.04. The van der Waals surface area contributed by atoms with Crippen LogP contribution in [0, 0.1) is 10.1 Å². The zero-order valence-corrected chi connectivity index (χ0v) is 13.8. The van der Waals surface area contributed by atoms with Crippen LogP contribution in [0.2, 0.25) is 0 Å². The summed E-state index contributed by atoms with van der Waals surface area (Å²) in [4.78, 5) is 23.3. The summed E-state index contributed by atoms with van der Waals surface area (Å²) in [5, 5.41) is 14.2.